The molecule has 2 aromatic carbocycles. The van der Waals surface area contributed by atoms with E-state index in [1.165, 1.54) is 5.56 Å². The predicted molar refractivity (Wildman–Crippen MR) is 78.1 cm³/mol. The van der Waals surface area contributed by atoms with Crippen LogP contribution in [0.25, 0.3) is 5.57 Å². The number of aryl methyl sites for hydroxylation is 1. The number of carbonyl (C=O) groups excluding carboxylic acids is 1. The zero-order valence-corrected chi connectivity index (χ0v) is 11.0. The maximum atomic E-state index is 12.6. The summed E-state index contributed by atoms with van der Waals surface area (Å²) in [5.41, 5.74) is 5.27. The number of rotatable bonds is 1. The molecule has 1 nitrogen and oxygen atoms in total. The minimum atomic E-state index is 0.197. The van der Waals surface area contributed by atoms with E-state index in [4.69, 9.17) is 0 Å². The number of hydrogen-bond donors (Lipinski definition) is 0. The van der Waals surface area contributed by atoms with Crippen molar-refractivity contribution in [2.45, 2.75) is 19.8 Å². The molecule has 1 heteroatoms. The highest BCUT2D eigenvalue weighted by atomic mass is 16.1. The lowest BCUT2D eigenvalue weighted by Gasteiger charge is -2.19. The highest BCUT2D eigenvalue weighted by Gasteiger charge is 2.23. The Morgan fingerprint density at radius 3 is 2.37 bits per heavy atom. The summed E-state index contributed by atoms with van der Waals surface area (Å²) in [4.78, 5) is 12.6. The first-order chi connectivity index (χ1) is 9.27. The van der Waals surface area contributed by atoms with Crippen LogP contribution in [0.3, 0.4) is 0 Å². The zero-order chi connectivity index (χ0) is 13.2. The highest BCUT2D eigenvalue weighted by molar-refractivity contribution is 6.14. The number of hydrogen-bond acceptors (Lipinski definition) is 1. The second kappa shape index (κ2) is 4.85. The molecule has 0 N–H and O–H groups in total. The molecule has 0 aromatic heterocycles. The molecule has 3 rings (SSSR count). The van der Waals surface area contributed by atoms with Crippen LogP contribution in [0.5, 0.6) is 0 Å². The van der Waals surface area contributed by atoms with Gasteiger partial charge in [0, 0.05) is 11.1 Å². The van der Waals surface area contributed by atoms with E-state index < -0.39 is 0 Å². The molecule has 0 saturated carbocycles. The molecule has 0 unspecified atom stereocenters. The van der Waals surface area contributed by atoms with E-state index >= 15 is 0 Å². The molecule has 1 aliphatic rings. The third kappa shape index (κ3) is 2.12. The summed E-state index contributed by atoms with van der Waals surface area (Å²) in [7, 11) is 0. The number of allylic oxidation sites excluding steroid dienone is 2. The Bertz CT molecular complexity index is 650. The summed E-state index contributed by atoms with van der Waals surface area (Å²) in [5, 5.41) is 0. The zero-order valence-electron chi connectivity index (χ0n) is 11.0. The number of fused-ring (bicyclic) bond motifs is 1. The van der Waals surface area contributed by atoms with Gasteiger partial charge in [0.25, 0.3) is 0 Å². The smallest absolute Gasteiger partial charge is 0.189 e. The van der Waals surface area contributed by atoms with Crippen molar-refractivity contribution in [1.29, 1.82) is 0 Å². The lowest BCUT2D eigenvalue weighted by Crippen LogP contribution is -2.15. The highest BCUT2D eigenvalue weighted by Crippen LogP contribution is 2.30. The van der Waals surface area contributed by atoms with Gasteiger partial charge in [-0.05, 0) is 36.5 Å². The average Bonchev–Trinajstić information content (AvgIpc) is 2.48. The van der Waals surface area contributed by atoms with Crippen LogP contribution in [-0.2, 0) is 6.42 Å². The SMILES string of the molecule is C/C(=C1\CCc2ccccc2C1=O)c1ccccc1. The van der Waals surface area contributed by atoms with Gasteiger partial charge >= 0.3 is 0 Å². The molecular formula is C18H16O. The summed E-state index contributed by atoms with van der Waals surface area (Å²) >= 11 is 0. The Balaban J connectivity index is 2.07. The van der Waals surface area contributed by atoms with Gasteiger partial charge in [-0.25, -0.2) is 0 Å². The molecule has 0 saturated heterocycles. The topological polar surface area (TPSA) is 17.1 Å². The van der Waals surface area contributed by atoms with Crippen molar-refractivity contribution in [3.8, 4) is 0 Å². The molecule has 19 heavy (non-hydrogen) atoms. The predicted octanol–water partition coefficient (Wildman–Crippen LogP) is 4.29. The fourth-order valence-corrected chi connectivity index (χ4v) is 2.72. The first-order valence-corrected chi connectivity index (χ1v) is 6.65. The lowest BCUT2D eigenvalue weighted by molar-refractivity contribution is 0.102. The van der Waals surface area contributed by atoms with Gasteiger partial charge in [-0.3, -0.25) is 4.79 Å². The second-order valence-corrected chi connectivity index (χ2v) is 4.96. The Hall–Kier alpha value is -2.15. The molecule has 0 heterocycles. The quantitative estimate of drug-likeness (QED) is 0.688. The van der Waals surface area contributed by atoms with Crippen molar-refractivity contribution in [2.24, 2.45) is 0 Å². The van der Waals surface area contributed by atoms with E-state index in [9.17, 15) is 4.79 Å². The van der Waals surface area contributed by atoms with Gasteiger partial charge in [0.15, 0.2) is 5.78 Å². The average molecular weight is 248 g/mol. The summed E-state index contributed by atoms with van der Waals surface area (Å²) in [6.07, 6.45) is 1.80. The van der Waals surface area contributed by atoms with Crippen LogP contribution in [0.1, 0.15) is 34.8 Å². The van der Waals surface area contributed by atoms with Gasteiger partial charge in [0.2, 0.25) is 0 Å². The van der Waals surface area contributed by atoms with Crippen LogP contribution in [-0.4, -0.2) is 5.78 Å². The standard InChI is InChI=1S/C18H16O/c1-13(14-7-3-2-4-8-14)16-12-11-15-9-5-6-10-17(15)18(16)19/h2-10H,11-12H2,1H3/b16-13-. The third-order valence-electron chi connectivity index (χ3n) is 3.84. The number of ketones is 1. The van der Waals surface area contributed by atoms with E-state index in [-0.39, 0.29) is 5.78 Å². The molecule has 0 radical (unpaired) electrons. The Morgan fingerprint density at radius 1 is 0.895 bits per heavy atom. The summed E-state index contributed by atoms with van der Waals surface area (Å²) in [6.45, 7) is 2.05. The van der Waals surface area contributed by atoms with E-state index in [1.807, 2.05) is 36.4 Å². The third-order valence-corrected chi connectivity index (χ3v) is 3.84. The molecule has 94 valence electrons. The van der Waals surface area contributed by atoms with Crippen molar-refractivity contribution >= 4 is 11.4 Å². The van der Waals surface area contributed by atoms with Gasteiger partial charge in [0.1, 0.15) is 0 Å². The first-order valence-electron chi connectivity index (χ1n) is 6.65. The minimum Gasteiger partial charge on any atom is -0.289 e. The van der Waals surface area contributed by atoms with Crippen molar-refractivity contribution in [1.82, 2.24) is 0 Å². The van der Waals surface area contributed by atoms with E-state index in [0.717, 1.165) is 35.1 Å². The second-order valence-electron chi connectivity index (χ2n) is 4.96. The molecule has 0 atom stereocenters. The lowest BCUT2D eigenvalue weighted by atomic mass is 9.83. The first kappa shape index (κ1) is 11.9. The van der Waals surface area contributed by atoms with Crippen molar-refractivity contribution in [2.75, 3.05) is 0 Å². The fraction of sp³-hybridized carbons (Fsp3) is 0.167. The molecule has 0 bridgehead atoms. The Kier molecular flexibility index (Phi) is 3.04. The van der Waals surface area contributed by atoms with Crippen LogP contribution >= 0.6 is 0 Å². The van der Waals surface area contributed by atoms with E-state index in [1.54, 1.807) is 0 Å². The number of benzene rings is 2. The summed E-state index contributed by atoms with van der Waals surface area (Å²) < 4.78 is 0. The molecule has 0 aliphatic heterocycles. The number of Topliss-reactive ketones (excluding diaryl/α,β-unsaturated/α-hetero) is 1. The molecule has 1 aliphatic carbocycles. The van der Waals surface area contributed by atoms with Crippen molar-refractivity contribution < 1.29 is 4.79 Å². The Labute approximate surface area is 113 Å². The molecule has 0 fully saturated rings. The largest absolute Gasteiger partial charge is 0.289 e. The summed E-state index contributed by atoms with van der Waals surface area (Å²) in [5.74, 6) is 0.197. The normalized spacial score (nSPS) is 17.0. The molecule has 0 amide bonds. The van der Waals surface area contributed by atoms with Gasteiger partial charge < -0.3 is 0 Å². The van der Waals surface area contributed by atoms with Gasteiger partial charge in [-0.1, -0.05) is 54.6 Å². The van der Waals surface area contributed by atoms with E-state index in [2.05, 4.69) is 25.1 Å². The van der Waals surface area contributed by atoms with Crippen LogP contribution in [0.4, 0.5) is 0 Å². The Morgan fingerprint density at radius 2 is 1.58 bits per heavy atom. The maximum Gasteiger partial charge on any atom is 0.189 e. The summed E-state index contributed by atoms with van der Waals surface area (Å²) in [6, 6.07) is 18.1. The van der Waals surface area contributed by atoms with Gasteiger partial charge in [-0.2, -0.15) is 0 Å². The number of carbonyl (C=O) groups is 1. The van der Waals surface area contributed by atoms with Crippen molar-refractivity contribution in [3.05, 3.63) is 76.9 Å². The minimum absolute atomic E-state index is 0.197. The van der Waals surface area contributed by atoms with Crippen LogP contribution in [0, 0.1) is 0 Å². The monoisotopic (exact) mass is 248 g/mol. The van der Waals surface area contributed by atoms with Crippen molar-refractivity contribution in [3.63, 3.8) is 0 Å². The van der Waals surface area contributed by atoms with Crippen LogP contribution in [0.2, 0.25) is 0 Å². The van der Waals surface area contributed by atoms with E-state index in [0.29, 0.717) is 0 Å². The maximum absolute atomic E-state index is 12.6. The van der Waals surface area contributed by atoms with Crippen LogP contribution in [0.15, 0.2) is 60.2 Å². The molecular weight excluding hydrogens is 232 g/mol. The molecule has 0 spiro atoms. The molecule has 2 aromatic rings. The van der Waals surface area contributed by atoms with Gasteiger partial charge in [-0.15, -0.1) is 0 Å². The fourth-order valence-electron chi connectivity index (χ4n) is 2.72. The van der Waals surface area contributed by atoms with Gasteiger partial charge in [0.05, 0.1) is 0 Å². The van der Waals surface area contributed by atoms with Crippen LogP contribution < -0.4 is 0 Å².